The highest BCUT2D eigenvalue weighted by Crippen LogP contribution is 2.21. The Balaban J connectivity index is 1.74. The number of nitrogens with zero attached hydrogens (tertiary/aromatic N) is 1. The minimum absolute atomic E-state index is 0.0916. The highest BCUT2D eigenvalue weighted by molar-refractivity contribution is 6.01. The minimum Gasteiger partial charge on any atom is -0.444 e. The zero-order valence-corrected chi connectivity index (χ0v) is 14.9. The van der Waals surface area contributed by atoms with Crippen molar-refractivity contribution in [2.24, 2.45) is 0 Å². The van der Waals surface area contributed by atoms with Crippen LogP contribution in [-0.2, 0) is 14.3 Å². The predicted octanol–water partition coefficient (Wildman–Crippen LogP) is 1.82. The molecule has 0 radical (unpaired) electrons. The molecule has 1 aliphatic rings. The molecule has 0 spiro atoms. The molecule has 3 amide bonds. The van der Waals surface area contributed by atoms with Crippen molar-refractivity contribution in [1.82, 2.24) is 10.6 Å². The van der Waals surface area contributed by atoms with E-state index in [0.29, 0.717) is 13.0 Å². The first-order chi connectivity index (χ1) is 11.8. The highest BCUT2D eigenvalue weighted by Gasteiger charge is 2.33. The summed E-state index contributed by atoms with van der Waals surface area (Å²) >= 11 is 0. The fourth-order valence-electron chi connectivity index (χ4n) is 2.54. The third-order valence-electron chi connectivity index (χ3n) is 3.63. The number of alkyl carbamates (subject to hydrolysis) is 1. The van der Waals surface area contributed by atoms with E-state index < -0.39 is 17.7 Å². The molecule has 2 rings (SSSR count). The van der Waals surface area contributed by atoms with Crippen LogP contribution >= 0.6 is 0 Å². The van der Waals surface area contributed by atoms with E-state index in [2.05, 4.69) is 10.6 Å². The monoisotopic (exact) mass is 347 g/mol. The summed E-state index contributed by atoms with van der Waals surface area (Å²) in [6, 6.07) is 8.85. The number of carbonyl (C=O) groups excluding carboxylic acids is 3. The maximum Gasteiger partial charge on any atom is 0.407 e. The van der Waals surface area contributed by atoms with Gasteiger partial charge in [0.15, 0.2) is 0 Å². The number of hydrogen-bond donors (Lipinski definition) is 2. The lowest BCUT2D eigenvalue weighted by Gasteiger charge is -2.19. The lowest BCUT2D eigenvalue weighted by atomic mass is 10.2. The zero-order chi connectivity index (χ0) is 18.4. The van der Waals surface area contributed by atoms with E-state index in [1.807, 2.05) is 30.3 Å². The van der Waals surface area contributed by atoms with E-state index in [4.69, 9.17) is 4.74 Å². The van der Waals surface area contributed by atoms with Gasteiger partial charge in [-0.2, -0.15) is 0 Å². The van der Waals surface area contributed by atoms with Crippen LogP contribution in [0.2, 0.25) is 0 Å². The van der Waals surface area contributed by atoms with Gasteiger partial charge >= 0.3 is 6.09 Å². The summed E-state index contributed by atoms with van der Waals surface area (Å²) in [5.74, 6) is -0.385. The lowest BCUT2D eigenvalue weighted by molar-refractivity contribution is -0.126. The van der Waals surface area contributed by atoms with Crippen molar-refractivity contribution in [3.8, 4) is 0 Å². The van der Waals surface area contributed by atoms with Crippen LogP contribution in [0.1, 0.15) is 33.6 Å². The summed E-state index contributed by atoms with van der Waals surface area (Å²) in [7, 11) is 0. The molecule has 1 heterocycles. The standard InChI is InChI=1S/C18H25N3O4/c1-18(2,3)25-17(24)19-11-9-15(22)20-14-10-12-21(16(14)23)13-7-5-4-6-8-13/h4-8,14H,9-12H2,1-3H3,(H,19,24)(H,20,22)/t14-/m1/s1. The average molecular weight is 347 g/mol. The number of carbonyl (C=O) groups is 3. The second kappa shape index (κ2) is 8.00. The number of para-hydroxylation sites is 1. The Morgan fingerprint density at radius 3 is 2.56 bits per heavy atom. The Labute approximate surface area is 147 Å². The number of hydrogen-bond acceptors (Lipinski definition) is 4. The molecule has 2 N–H and O–H groups in total. The molecule has 1 atom stereocenters. The van der Waals surface area contributed by atoms with E-state index in [1.165, 1.54) is 0 Å². The fraction of sp³-hybridized carbons (Fsp3) is 0.500. The van der Waals surface area contributed by atoms with Gasteiger partial charge in [0, 0.05) is 25.2 Å². The molecule has 0 aromatic heterocycles. The molecule has 7 nitrogen and oxygen atoms in total. The van der Waals surface area contributed by atoms with Crippen molar-refractivity contribution in [3.63, 3.8) is 0 Å². The van der Waals surface area contributed by atoms with Crippen LogP contribution < -0.4 is 15.5 Å². The van der Waals surface area contributed by atoms with Crippen molar-refractivity contribution in [2.45, 2.75) is 45.3 Å². The number of rotatable bonds is 5. The van der Waals surface area contributed by atoms with Gasteiger partial charge in [0.2, 0.25) is 11.8 Å². The van der Waals surface area contributed by atoms with Crippen molar-refractivity contribution < 1.29 is 19.1 Å². The summed E-state index contributed by atoms with van der Waals surface area (Å²) in [6.07, 6.45) is 0.0975. The Kier molecular flexibility index (Phi) is 6.01. The molecule has 7 heteroatoms. The molecule has 25 heavy (non-hydrogen) atoms. The number of benzene rings is 1. The van der Waals surface area contributed by atoms with Crippen molar-refractivity contribution >= 4 is 23.6 Å². The first-order valence-corrected chi connectivity index (χ1v) is 8.39. The first kappa shape index (κ1) is 18.8. The minimum atomic E-state index is -0.580. The van der Waals surface area contributed by atoms with Crippen LogP contribution in [0.5, 0.6) is 0 Å². The van der Waals surface area contributed by atoms with Gasteiger partial charge in [-0.05, 0) is 39.3 Å². The molecule has 1 aromatic rings. The van der Waals surface area contributed by atoms with Crippen LogP contribution in [0.15, 0.2) is 30.3 Å². The molecular formula is C18H25N3O4. The van der Waals surface area contributed by atoms with E-state index in [0.717, 1.165) is 5.69 Å². The first-order valence-electron chi connectivity index (χ1n) is 8.39. The Morgan fingerprint density at radius 1 is 1.24 bits per heavy atom. The highest BCUT2D eigenvalue weighted by atomic mass is 16.6. The van der Waals surface area contributed by atoms with Crippen molar-refractivity contribution in [1.29, 1.82) is 0 Å². The molecule has 136 valence electrons. The second-order valence-corrected chi connectivity index (χ2v) is 6.91. The average Bonchev–Trinajstić information content (AvgIpc) is 2.87. The topological polar surface area (TPSA) is 87.7 Å². The van der Waals surface area contributed by atoms with Gasteiger partial charge in [-0.15, -0.1) is 0 Å². The van der Waals surface area contributed by atoms with Gasteiger partial charge in [-0.3, -0.25) is 9.59 Å². The molecule has 1 aromatic carbocycles. The van der Waals surface area contributed by atoms with E-state index in [-0.39, 0.29) is 24.8 Å². The summed E-state index contributed by atoms with van der Waals surface area (Å²) in [4.78, 5) is 37.6. The summed E-state index contributed by atoms with van der Waals surface area (Å²) in [5, 5.41) is 5.25. The number of nitrogens with one attached hydrogen (secondary N) is 2. The second-order valence-electron chi connectivity index (χ2n) is 6.91. The molecule has 1 aliphatic heterocycles. The van der Waals surface area contributed by atoms with E-state index >= 15 is 0 Å². The number of amides is 3. The molecule has 0 aliphatic carbocycles. The molecule has 0 bridgehead atoms. The van der Waals surface area contributed by atoms with Gasteiger partial charge in [-0.25, -0.2) is 4.79 Å². The van der Waals surface area contributed by atoms with Crippen LogP contribution in [0.25, 0.3) is 0 Å². The molecule has 0 saturated carbocycles. The fourth-order valence-corrected chi connectivity index (χ4v) is 2.54. The number of anilines is 1. The van der Waals surface area contributed by atoms with Gasteiger partial charge in [0.05, 0.1) is 0 Å². The van der Waals surface area contributed by atoms with Crippen molar-refractivity contribution in [3.05, 3.63) is 30.3 Å². The normalized spacial score (nSPS) is 17.3. The zero-order valence-electron chi connectivity index (χ0n) is 14.9. The third kappa shape index (κ3) is 5.77. The van der Waals surface area contributed by atoms with Crippen LogP contribution in [0.4, 0.5) is 10.5 Å². The van der Waals surface area contributed by atoms with Crippen molar-refractivity contribution in [2.75, 3.05) is 18.0 Å². The van der Waals surface area contributed by atoms with Gasteiger partial charge < -0.3 is 20.3 Å². The Hall–Kier alpha value is -2.57. The van der Waals surface area contributed by atoms with Crippen LogP contribution in [0, 0.1) is 0 Å². The predicted molar refractivity (Wildman–Crippen MR) is 94.2 cm³/mol. The van der Waals surface area contributed by atoms with Gasteiger partial charge in [-0.1, -0.05) is 18.2 Å². The van der Waals surface area contributed by atoms with Gasteiger partial charge in [0.25, 0.3) is 0 Å². The summed E-state index contributed by atoms with van der Waals surface area (Å²) in [5.41, 5.74) is 0.250. The van der Waals surface area contributed by atoms with Gasteiger partial charge in [0.1, 0.15) is 11.6 Å². The Bertz CT molecular complexity index is 625. The summed E-state index contributed by atoms with van der Waals surface area (Å²) < 4.78 is 5.09. The smallest absolute Gasteiger partial charge is 0.407 e. The molecule has 0 unspecified atom stereocenters. The van der Waals surface area contributed by atoms with Crippen LogP contribution in [0.3, 0.4) is 0 Å². The lowest BCUT2D eigenvalue weighted by Crippen LogP contribution is -2.42. The molecule has 1 saturated heterocycles. The largest absolute Gasteiger partial charge is 0.444 e. The number of ether oxygens (including phenoxy) is 1. The third-order valence-corrected chi connectivity index (χ3v) is 3.63. The summed E-state index contributed by atoms with van der Waals surface area (Å²) in [6.45, 7) is 6.03. The molecule has 1 fully saturated rings. The quantitative estimate of drug-likeness (QED) is 0.850. The molecular weight excluding hydrogens is 322 g/mol. The van der Waals surface area contributed by atoms with E-state index in [9.17, 15) is 14.4 Å². The Morgan fingerprint density at radius 2 is 1.92 bits per heavy atom. The SMILES string of the molecule is CC(C)(C)OC(=O)NCCC(=O)N[C@@H]1CCN(c2ccccc2)C1=O. The van der Waals surface area contributed by atoms with Crippen LogP contribution in [-0.4, -0.2) is 42.6 Å². The maximum absolute atomic E-state index is 12.4. The van der Waals surface area contributed by atoms with E-state index in [1.54, 1.807) is 25.7 Å². The maximum atomic E-state index is 12.4.